The summed E-state index contributed by atoms with van der Waals surface area (Å²) in [5.74, 6) is 0. The van der Waals surface area contributed by atoms with Crippen molar-refractivity contribution >= 4 is 67.9 Å². The quantitative estimate of drug-likeness (QED) is 0.156. The maximum absolute atomic E-state index is 15.6. The molecule has 0 saturated carbocycles. The minimum Gasteiger partial charge on any atom is -0.309 e. The van der Waals surface area contributed by atoms with Gasteiger partial charge in [0.15, 0.2) is 14.3 Å². The molecular weight excluding hydrogens is 660 g/mol. The molecule has 0 spiro atoms. The van der Waals surface area contributed by atoms with Gasteiger partial charge < -0.3 is 13.7 Å². The van der Waals surface area contributed by atoms with E-state index in [1.54, 1.807) is 0 Å². The Labute approximate surface area is 300 Å². The minimum atomic E-state index is -3.25. The number of hydrogen-bond donors (Lipinski definition) is 0. The Hall–Kier alpha value is -5.20. The maximum atomic E-state index is 15.6. The van der Waals surface area contributed by atoms with E-state index in [-0.39, 0.29) is 5.41 Å². The van der Waals surface area contributed by atoms with Gasteiger partial charge in [-0.2, -0.15) is 0 Å². The predicted molar refractivity (Wildman–Crippen MR) is 218 cm³/mol. The van der Waals surface area contributed by atoms with E-state index < -0.39 is 14.3 Å². The number of rotatable bonds is 7. The number of aromatic nitrogens is 1. The fourth-order valence-electron chi connectivity index (χ4n) is 7.23. The van der Waals surface area contributed by atoms with E-state index in [2.05, 4.69) is 73.9 Å². The van der Waals surface area contributed by atoms with Crippen LogP contribution in [0.3, 0.4) is 0 Å². The zero-order valence-electron chi connectivity index (χ0n) is 29.0. The molecule has 0 fully saturated rings. The van der Waals surface area contributed by atoms with Crippen molar-refractivity contribution in [1.82, 2.24) is 4.57 Å². The lowest BCUT2D eigenvalue weighted by Crippen LogP contribution is -2.25. The zero-order chi connectivity index (χ0) is 35.2. The SMILES string of the molecule is CC(C)(C)c1ccc(-n2c3ccc(P(=O)(c4ccccc4)c4ccccc4)cc3c3cc(P(=O)(c4ccccc4)c4ccccc4)ccc32)cc1. The predicted octanol–water partition coefficient (Wildman–Crippen LogP) is 9.36. The van der Waals surface area contributed by atoms with E-state index >= 15 is 9.13 Å². The topological polar surface area (TPSA) is 39.1 Å². The molecule has 1 heterocycles. The van der Waals surface area contributed by atoms with Gasteiger partial charge in [0, 0.05) is 48.3 Å². The number of hydrogen-bond acceptors (Lipinski definition) is 2. The van der Waals surface area contributed by atoms with Crippen molar-refractivity contribution in [1.29, 1.82) is 0 Å². The molecule has 0 saturated heterocycles. The van der Waals surface area contributed by atoms with Gasteiger partial charge >= 0.3 is 0 Å². The van der Waals surface area contributed by atoms with E-state index in [1.165, 1.54) is 5.56 Å². The van der Waals surface area contributed by atoms with Gasteiger partial charge in [0.25, 0.3) is 0 Å². The molecule has 51 heavy (non-hydrogen) atoms. The third-order valence-electron chi connectivity index (χ3n) is 9.93. The molecule has 0 unspecified atom stereocenters. The molecular formula is C46H39NO2P2. The molecule has 0 radical (unpaired) electrons. The molecule has 5 heteroatoms. The van der Waals surface area contributed by atoms with Crippen molar-refractivity contribution in [2.24, 2.45) is 0 Å². The van der Waals surface area contributed by atoms with Crippen LogP contribution >= 0.6 is 14.3 Å². The molecule has 250 valence electrons. The Morgan fingerprint density at radius 3 is 1.04 bits per heavy atom. The summed E-state index contributed by atoms with van der Waals surface area (Å²) in [4.78, 5) is 0. The lowest BCUT2D eigenvalue weighted by atomic mass is 9.87. The highest BCUT2D eigenvalue weighted by Gasteiger charge is 2.32. The summed E-state index contributed by atoms with van der Waals surface area (Å²) in [6, 6.07) is 60.4. The molecule has 8 rings (SSSR count). The lowest BCUT2D eigenvalue weighted by molar-refractivity contribution is 0.590. The molecule has 0 bridgehead atoms. The van der Waals surface area contributed by atoms with Crippen LogP contribution in [-0.2, 0) is 14.5 Å². The first-order valence-electron chi connectivity index (χ1n) is 17.3. The van der Waals surface area contributed by atoms with Gasteiger partial charge in [0.2, 0.25) is 0 Å². The molecule has 0 aliphatic carbocycles. The highest BCUT2D eigenvalue weighted by molar-refractivity contribution is 7.85. The fraction of sp³-hybridized carbons (Fsp3) is 0.0870. The first-order chi connectivity index (χ1) is 24.7. The largest absolute Gasteiger partial charge is 0.309 e. The van der Waals surface area contributed by atoms with Crippen molar-refractivity contribution in [2.45, 2.75) is 26.2 Å². The number of benzene rings is 7. The van der Waals surface area contributed by atoms with Gasteiger partial charge in [-0.05, 0) is 59.5 Å². The summed E-state index contributed by atoms with van der Waals surface area (Å²) in [5.41, 5.74) is 4.31. The van der Waals surface area contributed by atoms with Crippen LogP contribution in [0.5, 0.6) is 0 Å². The molecule has 0 amide bonds. The average Bonchev–Trinajstić information content (AvgIpc) is 3.51. The Balaban J connectivity index is 1.43. The summed E-state index contributed by atoms with van der Waals surface area (Å²) in [6.07, 6.45) is 0. The molecule has 7 aromatic carbocycles. The summed E-state index contributed by atoms with van der Waals surface area (Å²) in [6.45, 7) is 6.67. The van der Waals surface area contributed by atoms with Crippen LogP contribution in [0.15, 0.2) is 182 Å². The molecule has 0 aliphatic rings. The van der Waals surface area contributed by atoms with Gasteiger partial charge in [0.05, 0.1) is 11.0 Å². The minimum absolute atomic E-state index is 0.0230. The van der Waals surface area contributed by atoms with Crippen LogP contribution in [0.1, 0.15) is 26.3 Å². The van der Waals surface area contributed by atoms with Crippen molar-refractivity contribution in [2.75, 3.05) is 0 Å². The highest BCUT2D eigenvalue weighted by atomic mass is 31.2. The third-order valence-corrected chi connectivity index (χ3v) is 16.0. The summed E-state index contributed by atoms with van der Waals surface area (Å²) in [5, 5.41) is 6.59. The highest BCUT2D eigenvalue weighted by Crippen LogP contribution is 2.46. The number of fused-ring (bicyclic) bond motifs is 3. The maximum Gasteiger partial charge on any atom is 0.171 e. The molecule has 0 aliphatic heterocycles. The van der Waals surface area contributed by atoms with Crippen molar-refractivity contribution in [3.05, 3.63) is 188 Å². The smallest absolute Gasteiger partial charge is 0.171 e. The number of nitrogens with zero attached hydrogens (tertiary/aromatic N) is 1. The normalized spacial score (nSPS) is 12.4. The van der Waals surface area contributed by atoms with E-state index in [0.29, 0.717) is 0 Å². The van der Waals surface area contributed by atoms with Gasteiger partial charge in [-0.15, -0.1) is 0 Å². The summed E-state index contributed by atoms with van der Waals surface area (Å²) in [7, 11) is -6.50. The third kappa shape index (κ3) is 5.62. The van der Waals surface area contributed by atoms with Crippen LogP contribution in [0.25, 0.3) is 27.5 Å². The van der Waals surface area contributed by atoms with Crippen molar-refractivity contribution < 1.29 is 9.13 Å². The molecule has 0 N–H and O–H groups in total. The molecule has 8 aromatic rings. The standard InChI is InChI=1S/C46H39NO2P2/c1-46(2,3)34-24-26-35(27-25-34)47-44-30-28-40(50(48,36-16-8-4-9-17-36)37-18-10-5-11-19-37)32-42(44)43-33-41(29-31-45(43)47)51(49,38-20-12-6-13-21-38)39-22-14-7-15-23-39/h4-33H,1-3H3. The van der Waals surface area contributed by atoms with Crippen LogP contribution < -0.4 is 31.8 Å². The zero-order valence-corrected chi connectivity index (χ0v) is 30.8. The van der Waals surface area contributed by atoms with E-state index in [1.807, 2.05) is 133 Å². The van der Waals surface area contributed by atoms with Gasteiger partial charge in [-0.3, -0.25) is 0 Å². The van der Waals surface area contributed by atoms with Crippen LogP contribution in [0, 0.1) is 0 Å². The molecule has 3 nitrogen and oxygen atoms in total. The second kappa shape index (κ2) is 12.8. The van der Waals surface area contributed by atoms with Crippen molar-refractivity contribution in [3.8, 4) is 5.69 Å². The molecule has 1 aromatic heterocycles. The summed E-state index contributed by atoms with van der Waals surface area (Å²) < 4.78 is 33.4. The average molecular weight is 700 g/mol. The first kappa shape index (κ1) is 33.0. The Bertz CT molecular complexity index is 2350. The van der Waals surface area contributed by atoms with Crippen molar-refractivity contribution in [3.63, 3.8) is 0 Å². The van der Waals surface area contributed by atoms with Crippen LogP contribution in [0.4, 0.5) is 0 Å². The fourth-order valence-corrected chi connectivity index (χ4v) is 12.6. The van der Waals surface area contributed by atoms with Crippen LogP contribution in [-0.4, -0.2) is 4.57 Å². The van der Waals surface area contributed by atoms with Crippen LogP contribution in [0.2, 0.25) is 0 Å². The van der Waals surface area contributed by atoms with E-state index in [0.717, 1.165) is 59.3 Å². The Morgan fingerprint density at radius 2 is 0.725 bits per heavy atom. The molecule has 0 atom stereocenters. The lowest BCUT2D eigenvalue weighted by Gasteiger charge is -2.20. The Kier molecular flexibility index (Phi) is 8.30. The van der Waals surface area contributed by atoms with E-state index in [9.17, 15) is 0 Å². The van der Waals surface area contributed by atoms with Gasteiger partial charge in [0.1, 0.15) is 0 Å². The van der Waals surface area contributed by atoms with E-state index in [4.69, 9.17) is 0 Å². The second-order valence-electron chi connectivity index (χ2n) is 14.1. The monoisotopic (exact) mass is 699 g/mol. The second-order valence-corrected chi connectivity index (χ2v) is 19.6. The summed E-state index contributed by atoms with van der Waals surface area (Å²) >= 11 is 0. The van der Waals surface area contributed by atoms with Gasteiger partial charge in [-0.25, -0.2) is 0 Å². The van der Waals surface area contributed by atoms with Gasteiger partial charge in [-0.1, -0.05) is 154 Å². The first-order valence-corrected chi connectivity index (χ1v) is 20.7. The Morgan fingerprint density at radius 1 is 0.392 bits per heavy atom.